The van der Waals surface area contributed by atoms with Gasteiger partial charge in [0.25, 0.3) is 5.91 Å². The van der Waals surface area contributed by atoms with Gasteiger partial charge in [-0.2, -0.15) is 18.4 Å². The number of carbonyl (C=O) groups is 2. The molecule has 3 aromatic rings. The molecule has 2 N–H and O–H groups in total. The second kappa shape index (κ2) is 8.18. The number of nitrogens with one attached hydrogen (secondary N) is 1. The Hall–Kier alpha value is -3.98. The van der Waals surface area contributed by atoms with Crippen LogP contribution in [0.1, 0.15) is 21.1 Å². The molecule has 0 saturated carbocycles. The number of aromatic nitrogens is 2. The number of alkyl halides is 3. The molecule has 0 unspecified atom stereocenters. The molecule has 0 atom stereocenters. The number of hydrogen-bond donors (Lipinski definition) is 2. The van der Waals surface area contributed by atoms with E-state index in [4.69, 9.17) is 9.52 Å². The molecule has 1 amide bonds. The van der Waals surface area contributed by atoms with Gasteiger partial charge in [0.2, 0.25) is 10.1 Å². The normalized spacial score (nSPS) is 11.7. The first-order chi connectivity index (χ1) is 14.2. The minimum absolute atomic E-state index is 0.0965. The van der Waals surface area contributed by atoms with Gasteiger partial charge < -0.3 is 9.52 Å². The highest BCUT2D eigenvalue weighted by molar-refractivity contribution is 7.15. The molecule has 0 radical (unpaired) electrons. The van der Waals surface area contributed by atoms with Crippen LogP contribution < -0.4 is 5.32 Å². The van der Waals surface area contributed by atoms with Crippen LogP contribution in [-0.4, -0.2) is 27.2 Å². The van der Waals surface area contributed by atoms with Gasteiger partial charge in [-0.1, -0.05) is 23.5 Å². The fourth-order valence-electron chi connectivity index (χ4n) is 2.21. The maximum Gasteiger partial charge on any atom is 0.445 e. The number of nitrogens with zero attached hydrogens (tertiary/aromatic N) is 3. The minimum atomic E-state index is -4.69. The van der Waals surface area contributed by atoms with Gasteiger partial charge in [0, 0.05) is 11.6 Å². The Morgan fingerprint density at radius 1 is 1.17 bits per heavy atom. The van der Waals surface area contributed by atoms with Gasteiger partial charge in [0.15, 0.2) is 0 Å². The summed E-state index contributed by atoms with van der Waals surface area (Å²) in [4.78, 5) is 23.0. The highest BCUT2D eigenvalue weighted by atomic mass is 32.1. The second-order valence-corrected chi connectivity index (χ2v) is 6.60. The molecule has 0 aliphatic carbocycles. The lowest BCUT2D eigenvalue weighted by Gasteiger charge is -2.00. The average Bonchev–Trinajstić information content (AvgIpc) is 3.35. The third kappa shape index (κ3) is 4.70. The first-order valence-electron chi connectivity index (χ1n) is 7.95. The number of carboxylic acid groups (broad SMARTS) is 1. The van der Waals surface area contributed by atoms with Crippen molar-refractivity contribution in [1.29, 1.82) is 5.26 Å². The number of carbonyl (C=O) groups excluding carboxylic acids is 1. The molecule has 0 spiro atoms. The zero-order chi connectivity index (χ0) is 21.9. The predicted octanol–water partition coefficient (Wildman–Crippen LogP) is 4.06. The van der Waals surface area contributed by atoms with E-state index in [9.17, 15) is 28.0 Å². The number of furan rings is 1. The molecular formula is C18H9F3N4O4S. The van der Waals surface area contributed by atoms with Crippen molar-refractivity contribution in [2.24, 2.45) is 0 Å². The van der Waals surface area contributed by atoms with Crippen molar-refractivity contribution in [3.8, 4) is 17.4 Å². The standard InChI is InChI=1S/C18H9F3N4O4S/c19-18(20,21)16-24-25-17(30-16)23-14(26)11(8-22)7-12-5-6-13(29-12)9-1-3-10(4-2-9)15(27)28/h1-7H,(H,27,28)(H,23,25,26)/b11-7-. The van der Waals surface area contributed by atoms with Crippen LogP contribution in [0.25, 0.3) is 17.4 Å². The van der Waals surface area contributed by atoms with Gasteiger partial charge in [-0.25, -0.2) is 4.79 Å². The van der Waals surface area contributed by atoms with Crippen molar-refractivity contribution in [2.75, 3.05) is 5.32 Å². The van der Waals surface area contributed by atoms with E-state index in [1.165, 1.54) is 30.3 Å². The van der Waals surface area contributed by atoms with E-state index < -0.39 is 33.8 Å². The molecule has 2 heterocycles. The predicted molar refractivity (Wildman–Crippen MR) is 98.2 cm³/mol. The lowest BCUT2D eigenvalue weighted by molar-refractivity contribution is -0.138. The number of benzene rings is 1. The van der Waals surface area contributed by atoms with Gasteiger partial charge in [-0.15, -0.1) is 10.2 Å². The topological polar surface area (TPSA) is 129 Å². The Morgan fingerprint density at radius 2 is 1.87 bits per heavy atom. The molecule has 0 saturated heterocycles. The zero-order valence-electron chi connectivity index (χ0n) is 14.6. The van der Waals surface area contributed by atoms with E-state index in [0.717, 1.165) is 6.08 Å². The number of aromatic carboxylic acids is 1. The Labute approximate surface area is 169 Å². The molecule has 0 bridgehead atoms. The van der Waals surface area contributed by atoms with Crippen molar-refractivity contribution in [3.63, 3.8) is 0 Å². The van der Waals surface area contributed by atoms with Gasteiger partial charge in [-0.3, -0.25) is 10.1 Å². The lowest BCUT2D eigenvalue weighted by Crippen LogP contribution is -2.13. The number of carboxylic acids is 1. The summed E-state index contributed by atoms with van der Waals surface area (Å²) in [7, 11) is 0. The number of nitriles is 1. The van der Waals surface area contributed by atoms with Crippen molar-refractivity contribution in [3.05, 3.63) is 58.3 Å². The fourth-order valence-corrected chi connectivity index (χ4v) is 2.81. The van der Waals surface area contributed by atoms with E-state index >= 15 is 0 Å². The van der Waals surface area contributed by atoms with E-state index in [0.29, 0.717) is 11.3 Å². The molecule has 2 aromatic heterocycles. The van der Waals surface area contributed by atoms with Gasteiger partial charge >= 0.3 is 12.1 Å². The van der Waals surface area contributed by atoms with Crippen molar-refractivity contribution in [2.45, 2.75) is 6.18 Å². The Morgan fingerprint density at radius 3 is 2.43 bits per heavy atom. The summed E-state index contributed by atoms with van der Waals surface area (Å²) in [6.07, 6.45) is -3.59. The first kappa shape index (κ1) is 20.7. The fraction of sp³-hybridized carbons (Fsp3) is 0.0556. The maximum atomic E-state index is 12.5. The van der Waals surface area contributed by atoms with Crippen LogP contribution >= 0.6 is 11.3 Å². The molecule has 1 aromatic carbocycles. The Kier molecular flexibility index (Phi) is 5.65. The number of halogens is 3. The average molecular weight is 434 g/mol. The Bertz CT molecular complexity index is 1170. The summed E-state index contributed by atoms with van der Waals surface area (Å²) >= 11 is 0.126. The largest absolute Gasteiger partial charge is 0.478 e. The van der Waals surface area contributed by atoms with Crippen LogP contribution in [0.15, 0.2) is 46.4 Å². The molecule has 30 heavy (non-hydrogen) atoms. The third-order valence-corrected chi connectivity index (χ3v) is 4.47. The van der Waals surface area contributed by atoms with Gasteiger partial charge in [-0.05, 0) is 24.3 Å². The molecular weight excluding hydrogens is 425 g/mol. The number of hydrogen-bond acceptors (Lipinski definition) is 7. The lowest BCUT2D eigenvalue weighted by atomic mass is 10.1. The third-order valence-electron chi connectivity index (χ3n) is 3.58. The molecule has 0 fully saturated rings. The number of anilines is 1. The van der Waals surface area contributed by atoms with Crippen LogP contribution in [-0.2, 0) is 11.0 Å². The monoisotopic (exact) mass is 434 g/mol. The minimum Gasteiger partial charge on any atom is -0.478 e. The van der Waals surface area contributed by atoms with E-state index in [2.05, 4.69) is 15.5 Å². The van der Waals surface area contributed by atoms with Crippen LogP contribution in [0, 0.1) is 11.3 Å². The summed E-state index contributed by atoms with van der Waals surface area (Å²) in [5, 5.41) is 24.7. The molecule has 152 valence electrons. The SMILES string of the molecule is N#C/C(=C/c1ccc(-c2ccc(C(=O)O)cc2)o1)C(=O)Nc1nnc(C(F)(F)F)s1. The van der Waals surface area contributed by atoms with Crippen LogP contribution in [0.3, 0.4) is 0 Å². The van der Waals surface area contributed by atoms with Gasteiger partial charge in [0.1, 0.15) is 23.2 Å². The molecule has 0 aliphatic rings. The summed E-state index contributed by atoms with van der Waals surface area (Å²) in [5.74, 6) is -1.57. The summed E-state index contributed by atoms with van der Waals surface area (Å²) in [5.41, 5.74) is 0.233. The summed E-state index contributed by atoms with van der Waals surface area (Å²) < 4.78 is 43.2. The molecule has 3 rings (SSSR count). The number of amides is 1. The molecule has 12 heteroatoms. The van der Waals surface area contributed by atoms with Crippen molar-refractivity contribution in [1.82, 2.24) is 10.2 Å². The van der Waals surface area contributed by atoms with E-state index in [-0.39, 0.29) is 22.7 Å². The van der Waals surface area contributed by atoms with E-state index in [1.54, 1.807) is 12.1 Å². The summed E-state index contributed by atoms with van der Waals surface area (Å²) in [6, 6.07) is 10.5. The van der Waals surface area contributed by atoms with Crippen molar-refractivity contribution < 1.29 is 32.3 Å². The van der Waals surface area contributed by atoms with Crippen LogP contribution in [0.5, 0.6) is 0 Å². The maximum absolute atomic E-state index is 12.5. The molecule has 8 nitrogen and oxygen atoms in total. The Balaban J connectivity index is 1.76. The highest BCUT2D eigenvalue weighted by Gasteiger charge is 2.35. The smallest absolute Gasteiger partial charge is 0.445 e. The number of rotatable bonds is 5. The molecule has 0 aliphatic heterocycles. The van der Waals surface area contributed by atoms with E-state index in [1.807, 2.05) is 0 Å². The highest BCUT2D eigenvalue weighted by Crippen LogP contribution is 2.33. The summed E-state index contributed by atoms with van der Waals surface area (Å²) in [6.45, 7) is 0. The van der Waals surface area contributed by atoms with Gasteiger partial charge in [0.05, 0.1) is 5.56 Å². The second-order valence-electron chi connectivity index (χ2n) is 5.62. The van der Waals surface area contributed by atoms with Crippen molar-refractivity contribution >= 4 is 34.4 Å². The zero-order valence-corrected chi connectivity index (χ0v) is 15.4. The van der Waals surface area contributed by atoms with Crippen LogP contribution in [0.2, 0.25) is 0 Å². The quantitative estimate of drug-likeness (QED) is 0.458. The van der Waals surface area contributed by atoms with Crippen LogP contribution in [0.4, 0.5) is 18.3 Å². The first-order valence-corrected chi connectivity index (χ1v) is 8.76.